The van der Waals surface area contributed by atoms with E-state index in [9.17, 15) is 4.79 Å². The van der Waals surface area contributed by atoms with Crippen molar-refractivity contribution in [2.45, 2.75) is 265 Å². The van der Waals surface area contributed by atoms with Crippen molar-refractivity contribution in [3.8, 4) is 0 Å². The number of unbranched alkanes of at least 4 members (excludes halogenated alkanes) is 23. The first-order valence-corrected chi connectivity index (χ1v) is 25.3. The normalized spacial score (nSPS) is 12.1. The Morgan fingerprint density at radius 1 is 0.491 bits per heavy atom. The SMILES string of the molecule is CCCCCCCCC(CCCCCCCC)CCCCCCCN(CCCCCCCC(=O)OC(CCC)CCCCCCCC)CCCNC(=S)NC. The van der Waals surface area contributed by atoms with Gasteiger partial charge in [-0.1, -0.05) is 207 Å². The van der Waals surface area contributed by atoms with Crippen molar-refractivity contribution in [1.82, 2.24) is 15.5 Å². The van der Waals surface area contributed by atoms with E-state index in [1.807, 2.05) is 7.05 Å². The zero-order valence-electron chi connectivity index (χ0n) is 38.1. The van der Waals surface area contributed by atoms with E-state index in [4.69, 9.17) is 17.0 Å². The molecule has 0 bridgehead atoms. The summed E-state index contributed by atoms with van der Waals surface area (Å²) in [5, 5.41) is 7.10. The van der Waals surface area contributed by atoms with Gasteiger partial charge >= 0.3 is 5.97 Å². The predicted molar refractivity (Wildman–Crippen MR) is 248 cm³/mol. The molecule has 0 aliphatic heterocycles. The fourth-order valence-electron chi connectivity index (χ4n) is 8.20. The molecule has 0 saturated carbocycles. The summed E-state index contributed by atoms with van der Waals surface area (Å²) in [7, 11) is 1.89. The number of carbonyl (C=O) groups excluding carboxylic acids is 1. The van der Waals surface area contributed by atoms with Crippen molar-refractivity contribution in [2.75, 3.05) is 33.2 Å². The van der Waals surface area contributed by atoms with Crippen LogP contribution in [-0.2, 0) is 9.53 Å². The van der Waals surface area contributed by atoms with E-state index in [2.05, 4.69) is 43.2 Å². The second-order valence-electron chi connectivity index (χ2n) is 17.2. The number of esters is 1. The lowest BCUT2D eigenvalue weighted by Gasteiger charge is -2.23. The van der Waals surface area contributed by atoms with Crippen LogP contribution in [0.3, 0.4) is 0 Å². The topological polar surface area (TPSA) is 53.6 Å². The van der Waals surface area contributed by atoms with Crippen molar-refractivity contribution >= 4 is 23.3 Å². The maximum Gasteiger partial charge on any atom is 0.306 e. The van der Waals surface area contributed by atoms with Crippen LogP contribution in [0.1, 0.15) is 259 Å². The molecule has 0 heterocycles. The second kappa shape index (κ2) is 44.2. The molecule has 0 aromatic rings. The molecule has 6 heteroatoms. The van der Waals surface area contributed by atoms with Crippen molar-refractivity contribution in [3.63, 3.8) is 0 Å². The fourth-order valence-corrected chi connectivity index (χ4v) is 8.31. The highest BCUT2D eigenvalue weighted by molar-refractivity contribution is 7.80. The van der Waals surface area contributed by atoms with Crippen molar-refractivity contribution in [1.29, 1.82) is 0 Å². The molecule has 0 rings (SSSR count). The Kier molecular flexibility index (Phi) is 43.5. The van der Waals surface area contributed by atoms with E-state index in [-0.39, 0.29) is 12.1 Å². The van der Waals surface area contributed by atoms with Crippen molar-refractivity contribution in [3.05, 3.63) is 0 Å². The van der Waals surface area contributed by atoms with Crippen LogP contribution in [0.2, 0.25) is 0 Å². The summed E-state index contributed by atoms with van der Waals surface area (Å²) in [5.74, 6) is 1.01. The van der Waals surface area contributed by atoms with Gasteiger partial charge in [-0.2, -0.15) is 0 Å². The molecule has 0 aromatic carbocycles. The van der Waals surface area contributed by atoms with Crippen LogP contribution in [0.15, 0.2) is 0 Å². The summed E-state index contributed by atoms with van der Waals surface area (Å²) < 4.78 is 5.92. The highest BCUT2D eigenvalue weighted by Gasteiger charge is 2.14. The molecule has 0 amide bonds. The first-order valence-electron chi connectivity index (χ1n) is 24.9. The van der Waals surface area contributed by atoms with Crippen LogP contribution < -0.4 is 10.6 Å². The quantitative estimate of drug-likeness (QED) is 0.0364. The molecule has 0 spiro atoms. The van der Waals surface area contributed by atoms with Gasteiger partial charge < -0.3 is 20.3 Å². The number of nitrogens with zero attached hydrogens (tertiary/aromatic N) is 1. The van der Waals surface area contributed by atoms with Crippen LogP contribution in [0, 0.1) is 5.92 Å². The Labute approximate surface area is 351 Å². The molecule has 0 fully saturated rings. The maximum absolute atomic E-state index is 12.6. The van der Waals surface area contributed by atoms with E-state index in [0.717, 1.165) is 62.6 Å². The predicted octanol–water partition coefficient (Wildman–Crippen LogP) is 15.0. The molecule has 0 aliphatic rings. The Hall–Kier alpha value is -0.880. The molecule has 1 unspecified atom stereocenters. The molecule has 0 saturated heterocycles. The number of nitrogens with one attached hydrogen (secondary N) is 2. The summed E-state index contributed by atoms with van der Waals surface area (Å²) in [4.78, 5) is 15.3. The fraction of sp³-hybridized carbons (Fsp3) is 0.959. The lowest BCUT2D eigenvalue weighted by molar-refractivity contribution is -0.150. The van der Waals surface area contributed by atoms with Gasteiger partial charge in [0.2, 0.25) is 0 Å². The van der Waals surface area contributed by atoms with Crippen LogP contribution in [0.25, 0.3) is 0 Å². The number of hydrogen-bond acceptors (Lipinski definition) is 4. The Morgan fingerprint density at radius 3 is 1.35 bits per heavy atom. The molecular weight excluding hydrogens is 695 g/mol. The van der Waals surface area contributed by atoms with E-state index in [1.54, 1.807) is 0 Å². The number of hydrogen-bond donors (Lipinski definition) is 2. The van der Waals surface area contributed by atoms with Crippen LogP contribution in [0.4, 0.5) is 0 Å². The molecule has 1 atom stereocenters. The third-order valence-electron chi connectivity index (χ3n) is 11.8. The molecule has 0 aromatic heterocycles. The van der Waals surface area contributed by atoms with Crippen LogP contribution >= 0.6 is 12.2 Å². The van der Waals surface area contributed by atoms with Gasteiger partial charge in [0.25, 0.3) is 0 Å². The number of ether oxygens (including phenoxy) is 1. The van der Waals surface area contributed by atoms with Gasteiger partial charge in [-0.25, -0.2) is 0 Å². The van der Waals surface area contributed by atoms with E-state index >= 15 is 0 Å². The summed E-state index contributed by atoms with van der Waals surface area (Å²) >= 11 is 5.29. The first-order chi connectivity index (χ1) is 27.0. The highest BCUT2D eigenvalue weighted by Crippen LogP contribution is 2.25. The van der Waals surface area contributed by atoms with E-state index < -0.39 is 0 Å². The molecule has 0 aliphatic carbocycles. The maximum atomic E-state index is 12.6. The van der Waals surface area contributed by atoms with Gasteiger partial charge in [-0.05, 0) is 82.7 Å². The van der Waals surface area contributed by atoms with Gasteiger partial charge in [0.05, 0.1) is 0 Å². The molecule has 328 valence electrons. The Bertz CT molecular complexity index is 780. The van der Waals surface area contributed by atoms with Crippen molar-refractivity contribution in [2.24, 2.45) is 5.92 Å². The zero-order chi connectivity index (χ0) is 40.3. The van der Waals surface area contributed by atoms with Crippen molar-refractivity contribution < 1.29 is 9.53 Å². The first kappa shape index (κ1) is 54.1. The summed E-state index contributed by atoms with van der Waals surface area (Å²) in [6.45, 7) is 13.6. The molecule has 0 radical (unpaired) electrons. The Morgan fingerprint density at radius 2 is 0.891 bits per heavy atom. The lowest BCUT2D eigenvalue weighted by Crippen LogP contribution is -2.35. The van der Waals surface area contributed by atoms with Gasteiger partial charge in [-0.15, -0.1) is 0 Å². The minimum Gasteiger partial charge on any atom is -0.462 e. The average Bonchev–Trinajstić information content (AvgIpc) is 3.18. The molecule has 5 nitrogen and oxygen atoms in total. The van der Waals surface area contributed by atoms with E-state index in [1.165, 1.54) is 199 Å². The third-order valence-corrected chi connectivity index (χ3v) is 12.2. The molecule has 55 heavy (non-hydrogen) atoms. The monoisotopic (exact) mass is 794 g/mol. The molecular formula is C49H99N3O2S. The number of rotatable bonds is 44. The van der Waals surface area contributed by atoms with Gasteiger partial charge in [0.1, 0.15) is 6.10 Å². The summed E-state index contributed by atoms with van der Waals surface area (Å²) in [5.41, 5.74) is 0. The second-order valence-corrected chi connectivity index (χ2v) is 17.6. The zero-order valence-corrected chi connectivity index (χ0v) is 38.9. The minimum atomic E-state index is 0.0307. The largest absolute Gasteiger partial charge is 0.462 e. The minimum absolute atomic E-state index is 0.0307. The van der Waals surface area contributed by atoms with Gasteiger partial charge in [0.15, 0.2) is 5.11 Å². The van der Waals surface area contributed by atoms with E-state index in [0.29, 0.717) is 6.42 Å². The van der Waals surface area contributed by atoms with Crippen LogP contribution in [-0.4, -0.2) is 55.3 Å². The highest BCUT2D eigenvalue weighted by atomic mass is 32.1. The molecule has 2 N–H and O–H groups in total. The smallest absolute Gasteiger partial charge is 0.306 e. The summed E-state index contributed by atoms with van der Waals surface area (Å²) in [6, 6.07) is 0. The number of carbonyl (C=O) groups is 1. The summed E-state index contributed by atoms with van der Waals surface area (Å²) in [6.07, 6.45) is 47.1. The number of thiocarbonyl (C=S) groups is 1. The standard InChI is InChI=1S/C49H99N3O2S/c1-6-10-13-16-21-28-37-46(38-29-22-17-14-11-7-2)39-30-23-19-26-33-43-52(45-35-42-51-49(55)50-5)44-34-27-20-25-32-41-48(53)54-47(36-9-4)40-31-24-18-15-12-8-3/h46-47H,6-45H2,1-5H3,(H2,50,51,55). The van der Waals surface area contributed by atoms with Gasteiger partial charge in [0, 0.05) is 20.0 Å². The Balaban J connectivity index is 4.41. The van der Waals surface area contributed by atoms with Crippen LogP contribution in [0.5, 0.6) is 0 Å². The lowest BCUT2D eigenvalue weighted by atomic mass is 9.89. The third kappa shape index (κ3) is 39.7. The van der Waals surface area contributed by atoms with Gasteiger partial charge in [-0.3, -0.25) is 4.79 Å². The average molecular weight is 794 g/mol.